The van der Waals surface area contributed by atoms with Crippen molar-refractivity contribution < 1.29 is 4.74 Å². The van der Waals surface area contributed by atoms with Crippen LogP contribution >= 0.6 is 11.6 Å². The Balaban J connectivity index is 2.45. The summed E-state index contributed by atoms with van der Waals surface area (Å²) in [6.07, 6.45) is 2.50. The predicted octanol–water partition coefficient (Wildman–Crippen LogP) is 2.49. The van der Waals surface area contributed by atoms with Crippen LogP contribution in [0.25, 0.3) is 0 Å². The maximum absolute atomic E-state index is 6.05. The van der Waals surface area contributed by atoms with Gasteiger partial charge in [0.1, 0.15) is 12.1 Å². The summed E-state index contributed by atoms with van der Waals surface area (Å²) in [6.45, 7) is 2.49. The van der Waals surface area contributed by atoms with Gasteiger partial charge in [0.2, 0.25) is 0 Å². The Kier molecular flexibility index (Phi) is 2.00. The molecule has 3 heteroatoms. The second-order valence-electron chi connectivity index (χ2n) is 3.25. The van der Waals surface area contributed by atoms with E-state index in [1.807, 2.05) is 31.2 Å². The Labute approximate surface area is 82.2 Å². The van der Waals surface area contributed by atoms with Gasteiger partial charge in [0.25, 0.3) is 6.40 Å². The first-order valence-electron chi connectivity index (χ1n) is 4.06. The fourth-order valence-corrected chi connectivity index (χ4v) is 1.71. The van der Waals surface area contributed by atoms with Gasteiger partial charge in [-0.1, -0.05) is 29.8 Å². The number of hydrogen-bond donors (Lipinski definition) is 0. The molecule has 1 aliphatic heterocycles. The van der Waals surface area contributed by atoms with Gasteiger partial charge in [0.15, 0.2) is 0 Å². The van der Waals surface area contributed by atoms with Gasteiger partial charge < -0.3 is 4.74 Å². The highest BCUT2D eigenvalue weighted by Crippen LogP contribution is 2.33. The molecule has 2 nitrogen and oxygen atoms in total. The van der Waals surface area contributed by atoms with Crippen LogP contribution in [0.3, 0.4) is 0 Å². The molecule has 67 valence electrons. The van der Waals surface area contributed by atoms with E-state index in [9.17, 15) is 0 Å². The lowest BCUT2D eigenvalue weighted by Crippen LogP contribution is -2.21. The minimum absolute atomic E-state index is 0.363. The Hall–Kier alpha value is -1.02. The van der Waals surface area contributed by atoms with Crippen LogP contribution in [0.4, 0.5) is 0 Å². The van der Waals surface area contributed by atoms with Crippen LogP contribution in [0.2, 0.25) is 5.02 Å². The topological polar surface area (TPSA) is 21.6 Å². The number of benzene rings is 1. The van der Waals surface area contributed by atoms with Crippen molar-refractivity contribution in [2.45, 2.75) is 12.5 Å². The lowest BCUT2D eigenvalue weighted by atomic mass is 9.94. The summed E-state index contributed by atoms with van der Waals surface area (Å²) in [5, 5.41) is 0.723. The molecular formula is C10H9ClNO. The number of rotatable bonds is 1. The maximum Gasteiger partial charge on any atom is 0.274 e. The van der Waals surface area contributed by atoms with Gasteiger partial charge in [-0.15, -0.1) is 0 Å². The number of nitrogens with zero attached hydrogens (tertiary/aromatic N) is 1. The third-order valence-electron chi connectivity index (χ3n) is 2.16. The number of aliphatic imine (C=N–C) groups is 1. The molecule has 1 aliphatic rings. The lowest BCUT2D eigenvalue weighted by molar-refractivity contribution is 0.276. The summed E-state index contributed by atoms with van der Waals surface area (Å²) in [6, 6.07) is 7.66. The van der Waals surface area contributed by atoms with E-state index in [1.165, 1.54) is 0 Å². The van der Waals surface area contributed by atoms with Crippen LogP contribution in [-0.2, 0) is 10.3 Å². The predicted molar refractivity (Wildman–Crippen MR) is 52.2 cm³/mol. The highest BCUT2D eigenvalue weighted by molar-refractivity contribution is 6.31. The molecule has 2 rings (SSSR count). The van der Waals surface area contributed by atoms with E-state index in [0.29, 0.717) is 6.61 Å². The quantitative estimate of drug-likeness (QED) is 0.673. The first kappa shape index (κ1) is 8.57. The summed E-state index contributed by atoms with van der Waals surface area (Å²) >= 11 is 6.05. The molecule has 0 saturated carbocycles. The Bertz CT molecular complexity index is 351. The van der Waals surface area contributed by atoms with Crippen molar-refractivity contribution in [3.8, 4) is 0 Å². The van der Waals surface area contributed by atoms with E-state index in [2.05, 4.69) is 11.4 Å². The van der Waals surface area contributed by atoms with E-state index < -0.39 is 0 Å². The Morgan fingerprint density at radius 3 is 2.92 bits per heavy atom. The highest BCUT2D eigenvalue weighted by Gasteiger charge is 2.31. The molecule has 0 amide bonds. The van der Waals surface area contributed by atoms with Gasteiger partial charge in [-0.2, -0.15) is 0 Å². The third-order valence-corrected chi connectivity index (χ3v) is 2.49. The fraction of sp³-hybridized carbons (Fsp3) is 0.300. The third kappa shape index (κ3) is 1.42. The van der Waals surface area contributed by atoms with Crippen molar-refractivity contribution in [3.05, 3.63) is 34.9 Å². The van der Waals surface area contributed by atoms with Crippen LogP contribution < -0.4 is 0 Å². The molecule has 0 bridgehead atoms. The monoisotopic (exact) mass is 194 g/mol. The van der Waals surface area contributed by atoms with Crippen LogP contribution in [-0.4, -0.2) is 13.0 Å². The summed E-state index contributed by atoms with van der Waals surface area (Å²) in [5.74, 6) is 0. The van der Waals surface area contributed by atoms with Gasteiger partial charge in [-0.3, -0.25) is 0 Å². The lowest BCUT2D eigenvalue weighted by Gasteiger charge is -2.19. The minimum Gasteiger partial charge on any atom is -0.471 e. The van der Waals surface area contributed by atoms with Crippen molar-refractivity contribution in [1.29, 1.82) is 0 Å². The maximum atomic E-state index is 6.05. The Morgan fingerprint density at radius 1 is 1.54 bits per heavy atom. The number of hydrogen-bond acceptors (Lipinski definition) is 2. The molecule has 1 radical (unpaired) electrons. The Morgan fingerprint density at radius 2 is 2.31 bits per heavy atom. The zero-order chi connectivity index (χ0) is 9.31. The average molecular weight is 195 g/mol. The van der Waals surface area contributed by atoms with Crippen LogP contribution in [0, 0.1) is 0 Å². The van der Waals surface area contributed by atoms with E-state index in [-0.39, 0.29) is 5.54 Å². The largest absolute Gasteiger partial charge is 0.471 e. The zero-order valence-electron chi connectivity index (χ0n) is 7.25. The number of ether oxygens (including phenoxy) is 1. The zero-order valence-corrected chi connectivity index (χ0v) is 8.01. The molecule has 0 saturated heterocycles. The molecule has 1 unspecified atom stereocenters. The standard InChI is InChI=1S/C10H9ClNO/c1-10(6-13-7-12-10)8-4-2-3-5-9(8)11/h2-5H,6H2,1H3. The molecule has 0 aliphatic carbocycles. The van der Waals surface area contributed by atoms with Gasteiger partial charge >= 0.3 is 0 Å². The van der Waals surface area contributed by atoms with Gasteiger partial charge in [-0.05, 0) is 13.0 Å². The molecule has 1 aromatic carbocycles. The summed E-state index contributed by atoms with van der Waals surface area (Å²) < 4.78 is 4.99. The van der Waals surface area contributed by atoms with E-state index >= 15 is 0 Å². The smallest absolute Gasteiger partial charge is 0.274 e. The average Bonchev–Trinajstić information content (AvgIpc) is 2.54. The molecule has 1 aromatic rings. The first-order chi connectivity index (χ1) is 6.22. The second-order valence-corrected chi connectivity index (χ2v) is 3.65. The molecule has 13 heavy (non-hydrogen) atoms. The molecule has 0 N–H and O–H groups in total. The summed E-state index contributed by atoms with van der Waals surface area (Å²) in [5.41, 5.74) is 0.625. The molecule has 0 spiro atoms. The van der Waals surface area contributed by atoms with Crippen LogP contribution in [0.15, 0.2) is 29.3 Å². The summed E-state index contributed by atoms with van der Waals surface area (Å²) in [4.78, 5) is 4.14. The van der Waals surface area contributed by atoms with Crippen molar-refractivity contribution in [3.63, 3.8) is 0 Å². The van der Waals surface area contributed by atoms with Crippen molar-refractivity contribution >= 4 is 18.0 Å². The van der Waals surface area contributed by atoms with E-state index in [4.69, 9.17) is 16.3 Å². The summed E-state index contributed by atoms with van der Waals surface area (Å²) in [7, 11) is 0. The molecule has 1 atom stereocenters. The molecule has 0 fully saturated rings. The fourth-order valence-electron chi connectivity index (χ4n) is 1.37. The van der Waals surface area contributed by atoms with Crippen molar-refractivity contribution in [2.75, 3.05) is 6.61 Å². The molecule has 0 aromatic heterocycles. The highest BCUT2D eigenvalue weighted by atomic mass is 35.5. The van der Waals surface area contributed by atoms with Gasteiger partial charge in [0, 0.05) is 10.6 Å². The first-order valence-corrected chi connectivity index (χ1v) is 4.44. The van der Waals surface area contributed by atoms with E-state index in [1.54, 1.807) is 0 Å². The normalized spacial score (nSPS) is 26.0. The van der Waals surface area contributed by atoms with Crippen molar-refractivity contribution in [1.82, 2.24) is 0 Å². The van der Waals surface area contributed by atoms with E-state index in [0.717, 1.165) is 10.6 Å². The second kappa shape index (κ2) is 3.04. The van der Waals surface area contributed by atoms with Crippen LogP contribution in [0.1, 0.15) is 12.5 Å². The SMILES string of the molecule is CC1(c2ccccc2Cl)CO[C]=N1. The molecular weight excluding hydrogens is 186 g/mol. The minimum atomic E-state index is -0.363. The van der Waals surface area contributed by atoms with Gasteiger partial charge in [-0.25, -0.2) is 4.99 Å². The van der Waals surface area contributed by atoms with Gasteiger partial charge in [0.05, 0.1) is 0 Å². The molecule has 1 heterocycles. The number of halogens is 1. The van der Waals surface area contributed by atoms with Crippen molar-refractivity contribution in [2.24, 2.45) is 4.99 Å². The van der Waals surface area contributed by atoms with Crippen LogP contribution in [0.5, 0.6) is 0 Å².